The number of benzene rings is 2. The van der Waals surface area contributed by atoms with Gasteiger partial charge in [-0.1, -0.05) is 12.1 Å². The van der Waals surface area contributed by atoms with Crippen molar-refractivity contribution >= 4 is 23.2 Å². The van der Waals surface area contributed by atoms with E-state index in [-0.39, 0.29) is 5.91 Å². The van der Waals surface area contributed by atoms with Gasteiger partial charge in [0.15, 0.2) is 5.96 Å². The van der Waals surface area contributed by atoms with Gasteiger partial charge in [0.2, 0.25) is 5.91 Å². The first-order chi connectivity index (χ1) is 14.1. The molecule has 0 unspecified atom stereocenters. The van der Waals surface area contributed by atoms with Gasteiger partial charge in [-0.2, -0.15) is 0 Å². The number of hydrogen-bond acceptors (Lipinski definition) is 4. The van der Waals surface area contributed by atoms with Gasteiger partial charge in [-0.3, -0.25) is 4.79 Å². The van der Waals surface area contributed by atoms with Gasteiger partial charge in [0.1, 0.15) is 11.5 Å². The Morgan fingerprint density at radius 1 is 1.14 bits per heavy atom. The third-order valence-electron chi connectivity index (χ3n) is 4.58. The Labute approximate surface area is 171 Å². The van der Waals surface area contributed by atoms with E-state index in [1.807, 2.05) is 61.2 Å². The molecule has 3 rings (SSSR count). The van der Waals surface area contributed by atoms with Crippen molar-refractivity contribution in [3.63, 3.8) is 0 Å². The maximum Gasteiger partial charge on any atom is 0.227 e. The van der Waals surface area contributed by atoms with Crippen molar-refractivity contribution in [2.24, 2.45) is 10.7 Å². The van der Waals surface area contributed by atoms with E-state index in [4.69, 9.17) is 15.2 Å². The molecule has 154 valence electrons. The van der Waals surface area contributed by atoms with E-state index in [1.165, 1.54) is 0 Å². The van der Waals surface area contributed by atoms with Crippen LogP contribution in [0.15, 0.2) is 47.5 Å². The second-order valence-corrected chi connectivity index (χ2v) is 6.67. The van der Waals surface area contributed by atoms with Gasteiger partial charge in [0, 0.05) is 24.7 Å². The molecule has 0 aliphatic carbocycles. The zero-order chi connectivity index (χ0) is 20.6. The number of amides is 1. The highest BCUT2D eigenvalue weighted by Crippen LogP contribution is 2.29. The topological polar surface area (TPSA) is 89.2 Å². The SMILES string of the molecule is CCOc1ccc(OCC)c(NC(N)=NCc2ccc(N3CCCC3=O)cc2)c1. The zero-order valence-corrected chi connectivity index (χ0v) is 17.0. The first kappa shape index (κ1) is 20.5. The molecule has 1 heterocycles. The minimum absolute atomic E-state index is 0.184. The standard InChI is InChI=1S/C22H28N4O3/c1-3-28-18-11-12-20(29-4-2)19(14-18)25-22(23)24-15-16-7-9-17(10-8-16)26-13-5-6-21(26)27/h7-12,14H,3-6,13,15H2,1-2H3,(H3,23,24,25). The lowest BCUT2D eigenvalue weighted by Crippen LogP contribution is -2.23. The van der Waals surface area contributed by atoms with Crippen molar-refractivity contribution in [3.05, 3.63) is 48.0 Å². The van der Waals surface area contributed by atoms with Crippen molar-refractivity contribution in [2.45, 2.75) is 33.2 Å². The molecule has 2 aromatic carbocycles. The average molecular weight is 396 g/mol. The van der Waals surface area contributed by atoms with Crippen LogP contribution in [-0.2, 0) is 11.3 Å². The van der Waals surface area contributed by atoms with Gasteiger partial charge in [-0.05, 0) is 50.1 Å². The van der Waals surface area contributed by atoms with Crippen LogP contribution in [0.5, 0.6) is 11.5 Å². The summed E-state index contributed by atoms with van der Waals surface area (Å²) < 4.78 is 11.2. The lowest BCUT2D eigenvalue weighted by molar-refractivity contribution is -0.117. The normalized spacial score (nSPS) is 14.2. The van der Waals surface area contributed by atoms with Crippen LogP contribution < -0.4 is 25.4 Å². The van der Waals surface area contributed by atoms with Crippen molar-refractivity contribution in [3.8, 4) is 11.5 Å². The minimum atomic E-state index is 0.184. The van der Waals surface area contributed by atoms with E-state index in [1.54, 1.807) is 0 Å². The molecule has 7 heteroatoms. The molecule has 1 amide bonds. The fraction of sp³-hybridized carbons (Fsp3) is 0.364. The van der Waals surface area contributed by atoms with E-state index in [2.05, 4.69) is 10.3 Å². The number of carbonyl (C=O) groups is 1. The van der Waals surface area contributed by atoms with Gasteiger partial charge >= 0.3 is 0 Å². The van der Waals surface area contributed by atoms with Crippen LogP contribution in [0.2, 0.25) is 0 Å². The molecule has 7 nitrogen and oxygen atoms in total. The van der Waals surface area contributed by atoms with Crippen LogP contribution in [0, 0.1) is 0 Å². The number of ether oxygens (including phenoxy) is 2. The summed E-state index contributed by atoms with van der Waals surface area (Å²) in [6, 6.07) is 13.4. The van der Waals surface area contributed by atoms with E-state index in [0.29, 0.717) is 43.6 Å². The quantitative estimate of drug-likeness (QED) is 0.526. The maximum absolute atomic E-state index is 11.8. The molecule has 1 aliphatic rings. The van der Waals surface area contributed by atoms with E-state index in [0.717, 1.165) is 30.0 Å². The molecular weight excluding hydrogens is 368 g/mol. The Hall–Kier alpha value is -3.22. The number of aliphatic imine (C=N–C) groups is 1. The lowest BCUT2D eigenvalue weighted by Gasteiger charge is -2.16. The van der Waals surface area contributed by atoms with Crippen molar-refractivity contribution < 1.29 is 14.3 Å². The van der Waals surface area contributed by atoms with Gasteiger partial charge in [0.05, 0.1) is 25.4 Å². The summed E-state index contributed by atoms with van der Waals surface area (Å²) in [4.78, 5) is 18.1. The smallest absolute Gasteiger partial charge is 0.227 e. The zero-order valence-electron chi connectivity index (χ0n) is 17.0. The average Bonchev–Trinajstić information content (AvgIpc) is 3.15. The van der Waals surface area contributed by atoms with Gasteiger partial charge in [0.25, 0.3) is 0 Å². The maximum atomic E-state index is 11.8. The molecule has 3 N–H and O–H groups in total. The molecule has 1 saturated heterocycles. The van der Waals surface area contributed by atoms with E-state index >= 15 is 0 Å². The molecule has 0 bridgehead atoms. The monoisotopic (exact) mass is 396 g/mol. The van der Waals surface area contributed by atoms with Gasteiger partial charge in [-0.15, -0.1) is 0 Å². The summed E-state index contributed by atoms with van der Waals surface area (Å²) in [5.41, 5.74) is 8.73. The van der Waals surface area contributed by atoms with E-state index in [9.17, 15) is 4.79 Å². The van der Waals surface area contributed by atoms with Crippen LogP contribution >= 0.6 is 0 Å². The summed E-state index contributed by atoms with van der Waals surface area (Å²) in [5.74, 6) is 1.90. The molecule has 0 saturated carbocycles. The second kappa shape index (κ2) is 9.82. The number of nitrogens with zero attached hydrogens (tertiary/aromatic N) is 2. The summed E-state index contributed by atoms with van der Waals surface area (Å²) in [6.07, 6.45) is 1.55. The largest absolute Gasteiger partial charge is 0.494 e. The molecule has 2 aromatic rings. The predicted octanol–water partition coefficient (Wildman–Crippen LogP) is 3.54. The molecule has 1 aliphatic heterocycles. The number of hydrogen-bond donors (Lipinski definition) is 2. The summed E-state index contributed by atoms with van der Waals surface area (Å²) in [7, 11) is 0. The van der Waals surface area contributed by atoms with Crippen LogP contribution in [0.3, 0.4) is 0 Å². The highest BCUT2D eigenvalue weighted by molar-refractivity contribution is 5.95. The molecule has 29 heavy (non-hydrogen) atoms. The molecule has 1 fully saturated rings. The number of rotatable bonds is 8. The summed E-state index contributed by atoms with van der Waals surface area (Å²) in [5, 5.41) is 3.10. The van der Waals surface area contributed by atoms with Crippen LogP contribution in [0.1, 0.15) is 32.3 Å². The molecule has 0 spiro atoms. The molecule has 0 atom stereocenters. The number of anilines is 2. The fourth-order valence-electron chi connectivity index (χ4n) is 3.20. The van der Waals surface area contributed by atoms with Crippen LogP contribution in [0.25, 0.3) is 0 Å². The predicted molar refractivity (Wildman–Crippen MR) is 116 cm³/mol. The van der Waals surface area contributed by atoms with Crippen molar-refractivity contribution in [2.75, 3.05) is 30.0 Å². The summed E-state index contributed by atoms with van der Waals surface area (Å²) >= 11 is 0. The first-order valence-corrected chi connectivity index (χ1v) is 9.96. The number of carbonyl (C=O) groups excluding carboxylic acids is 1. The van der Waals surface area contributed by atoms with Crippen LogP contribution in [-0.4, -0.2) is 31.6 Å². The Morgan fingerprint density at radius 2 is 1.90 bits per heavy atom. The first-order valence-electron chi connectivity index (χ1n) is 9.96. The minimum Gasteiger partial charge on any atom is -0.494 e. The van der Waals surface area contributed by atoms with Crippen molar-refractivity contribution in [1.82, 2.24) is 0 Å². The third kappa shape index (κ3) is 5.40. The van der Waals surface area contributed by atoms with Crippen molar-refractivity contribution in [1.29, 1.82) is 0 Å². The fourth-order valence-corrected chi connectivity index (χ4v) is 3.20. The number of nitrogens with one attached hydrogen (secondary N) is 1. The van der Waals surface area contributed by atoms with E-state index < -0.39 is 0 Å². The Morgan fingerprint density at radius 3 is 2.55 bits per heavy atom. The van der Waals surface area contributed by atoms with Gasteiger partial charge in [-0.25, -0.2) is 4.99 Å². The highest BCUT2D eigenvalue weighted by atomic mass is 16.5. The Balaban J connectivity index is 1.65. The number of guanidine groups is 1. The van der Waals surface area contributed by atoms with Crippen LogP contribution in [0.4, 0.5) is 11.4 Å². The molecule has 0 radical (unpaired) electrons. The Bertz CT molecular complexity index is 865. The Kier molecular flexibility index (Phi) is 6.94. The number of nitrogens with two attached hydrogens (primary N) is 1. The molecule has 0 aromatic heterocycles. The summed E-state index contributed by atoms with van der Waals surface area (Å²) in [6.45, 7) is 6.21. The lowest BCUT2D eigenvalue weighted by atomic mass is 10.2. The third-order valence-corrected chi connectivity index (χ3v) is 4.58. The highest BCUT2D eigenvalue weighted by Gasteiger charge is 2.21. The molecular formula is C22H28N4O3. The van der Waals surface area contributed by atoms with Gasteiger partial charge < -0.3 is 25.4 Å². The second-order valence-electron chi connectivity index (χ2n) is 6.67.